The van der Waals surface area contributed by atoms with Crippen molar-refractivity contribution in [2.75, 3.05) is 6.61 Å². The van der Waals surface area contributed by atoms with Gasteiger partial charge in [0.2, 0.25) is 15.9 Å². The monoisotopic (exact) mass is 398 g/mol. The second-order valence-corrected chi connectivity index (χ2v) is 10.3. The van der Waals surface area contributed by atoms with Gasteiger partial charge in [-0.3, -0.25) is 0 Å². The Morgan fingerprint density at radius 3 is 2.11 bits per heavy atom. The van der Waals surface area contributed by atoms with Crippen LogP contribution in [0.15, 0.2) is 64.5 Å². The van der Waals surface area contributed by atoms with Crippen molar-refractivity contribution in [2.24, 2.45) is 4.99 Å². The minimum atomic E-state index is -3.76. The molecule has 2 aromatic carbocycles. The molecule has 1 saturated heterocycles. The van der Waals surface area contributed by atoms with E-state index in [1.807, 2.05) is 77.1 Å². The van der Waals surface area contributed by atoms with Crippen LogP contribution in [-0.4, -0.2) is 36.3 Å². The second kappa shape index (κ2) is 5.91. The van der Waals surface area contributed by atoms with Gasteiger partial charge in [0.1, 0.15) is 12.1 Å². The quantitative estimate of drug-likeness (QED) is 0.735. The summed E-state index contributed by atoms with van der Waals surface area (Å²) in [6.45, 7) is 10.1. The first-order valence-electron chi connectivity index (χ1n) is 9.45. The maximum atomic E-state index is 13.8. The third-order valence-corrected chi connectivity index (χ3v) is 8.27. The van der Waals surface area contributed by atoms with Crippen molar-refractivity contribution in [3.05, 3.63) is 65.7 Å². The van der Waals surface area contributed by atoms with E-state index in [1.165, 1.54) is 0 Å². The Kier molecular flexibility index (Phi) is 4.04. The predicted octanol–water partition coefficient (Wildman–Crippen LogP) is 3.88. The molecular formula is C22H26N2O3S. The molecule has 0 N–H and O–H groups in total. The van der Waals surface area contributed by atoms with Crippen molar-refractivity contribution in [2.45, 2.75) is 56.1 Å². The van der Waals surface area contributed by atoms with E-state index in [-0.39, 0.29) is 5.54 Å². The molecule has 4 rings (SSSR count). The molecule has 0 bridgehead atoms. The SMILES string of the molecule is Cc1ccccc1S(=O)(=O)N1[C@@](C)(C2=NC(C)(C)CO2)[C@]1(C)c1ccccc1. The van der Waals surface area contributed by atoms with Gasteiger partial charge >= 0.3 is 0 Å². The van der Waals surface area contributed by atoms with Gasteiger partial charge in [-0.1, -0.05) is 48.5 Å². The van der Waals surface area contributed by atoms with E-state index >= 15 is 0 Å². The van der Waals surface area contributed by atoms with E-state index in [0.29, 0.717) is 17.4 Å². The molecule has 0 amide bonds. The van der Waals surface area contributed by atoms with Gasteiger partial charge < -0.3 is 4.74 Å². The minimum absolute atomic E-state index is 0.318. The summed E-state index contributed by atoms with van der Waals surface area (Å²) in [5.74, 6) is 0.487. The van der Waals surface area contributed by atoms with Crippen LogP contribution in [0.25, 0.3) is 0 Å². The molecule has 2 heterocycles. The van der Waals surface area contributed by atoms with E-state index in [2.05, 4.69) is 0 Å². The van der Waals surface area contributed by atoms with E-state index < -0.39 is 21.1 Å². The van der Waals surface area contributed by atoms with Crippen LogP contribution in [-0.2, 0) is 20.3 Å². The summed E-state index contributed by atoms with van der Waals surface area (Å²) in [5.41, 5.74) is -0.387. The number of rotatable bonds is 4. The molecule has 0 aliphatic carbocycles. The zero-order chi connectivity index (χ0) is 20.4. The third kappa shape index (κ3) is 2.47. The Labute approximate surface area is 167 Å². The Morgan fingerprint density at radius 2 is 1.54 bits per heavy atom. The first-order valence-corrected chi connectivity index (χ1v) is 10.9. The highest BCUT2D eigenvalue weighted by atomic mass is 32.2. The smallest absolute Gasteiger partial charge is 0.245 e. The second-order valence-electron chi connectivity index (χ2n) is 8.56. The van der Waals surface area contributed by atoms with Crippen LogP contribution in [0.2, 0.25) is 0 Å². The van der Waals surface area contributed by atoms with Gasteiger partial charge in [0.15, 0.2) is 0 Å². The zero-order valence-corrected chi connectivity index (χ0v) is 17.7. The maximum absolute atomic E-state index is 13.8. The van der Waals surface area contributed by atoms with E-state index in [9.17, 15) is 8.42 Å². The van der Waals surface area contributed by atoms with E-state index in [4.69, 9.17) is 9.73 Å². The summed E-state index contributed by atoms with van der Waals surface area (Å²) in [5, 5.41) is 0. The average Bonchev–Trinajstić information content (AvgIpc) is 2.96. The van der Waals surface area contributed by atoms with Gasteiger partial charge in [0.05, 0.1) is 16.0 Å². The molecule has 0 spiro atoms. The Bertz CT molecular complexity index is 1060. The van der Waals surface area contributed by atoms with Crippen LogP contribution in [0, 0.1) is 6.92 Å². The predicted molar refractivity (Wildman–Crippen MR) is 110 cm³/mol. The number of hydrogen-bond donors (Lipinski definition) is 0. The van der Waals surface area contributed by atoms with Gasteiger partial charge in [-0.25, -0.2) is 13.4 Å². The standard InChI is InChI=1S/C22H26N2O3S/c1-16-11-9-10-14-18(16)28(25,26)24-21(4,17-12-7-6-8-13-17)22(24,5)19-23-20(2,3)15-27-19/h6-14H,15H2,1-5H3/t21-,22-,24?/m0/s1. The molecule has 2 aromatic rings. The fraction of sp³-hybridized carbons (Fsp3) is 0.409. The molecule has 6 heteroatoms. The largest absolute Gasteiger partial charge is 0.477 e. The highest BCUT2D eigenvalue weighted by molar-refractivity contribution is 7.89. The first-order chi connectivity index (χ1) is 13.0. The third-order valence-electron chi connectivity index (χ3n) is 6.04. The molecule has 2 aliphatic heterocycles. The van der Waals surface area contributed by atoms with Crippen molar-refractivity contribution in [3.63, 3.8) is 0 Å². The molecule has 0 saturated carbocycles. The summed E-state index contributed by atoms with van der Waals surface area (Å²) in [6.07, 6.45) is 0. The lowest BCUT2D eigenvalue weighted by Gasteiger charge is -2.14. The molecule has 0 aromatic heterocycles. The van der Waals surface area contributed by atoms with Gasteiger partial charge in [-0.15, -0.1) is 0 Å². The van der Waals surface area contributed by atoms with Crippen molar-refractivity contribution in [3.8, 4) is 0 Å². The van der Waals surface area contributed by atoms with Crippen molar-refractivity contribution >= 4 is 15.9 Å². The van der Waals surface area contributed by atoms with Crippen LogP contribution in [0.3, 0.4) is 0 Å². The minimum Gasteiger partial charge on any atom is -0.477 e. The fourth-order valence-electron chi connectivity index (χ4n) is 4.29. The van der Waals surface area contributed by atoms with Crippen molar-refractivity contribution in [1.29, 1.82) is 0 Å². The van der Waals surface area contributed by atoms with E-state index in [0.717, 1.165) is 11.1 Å². The molecule has 2 aliphatic rings. The van der Waals surface area contributed by atoms with Crippen molar-refractivity contribution in [1.82, 2.24) is 4.31 Å². The van der Waals surface area contributed by atoms with Crippen LogP contribution >= 0.6 is 0 Å². The molecule has 3 atom stereocenters. The number of hydrogen-bond acceptors (Lipinski definition) is 4. The molecule has 28 heavy (non-hydrogen) atoms. The first kappa shape index (κ1) is 19.2. The summed E-state index contributed by atoms with van der Waals surface area (Å²) in [4.78, 5) is 5.06. The lowest BCUT2D eigenvalue weighted by molar-refractivity contribution is 0.266. The topological polar surface area (TPSA) is 58.7 Å². The Balaban J connectivity index is 1.91. The molecule has 1 fully saturated rings. The number of benzene rings is 2. The number of aliphatic imine (C=N–C) groups is 1. The summed E-state index contributed by atoms with van der Waals surface area (Å²) < 4.78 is 35.0. The maximum Gasteiger partial charge on any atom is 0.245 e. The number of nitrogens with zero attached hydrogens (tertiary/aromatic N) is 2. The lowest BCUT2D eigenvalue weighted by atomic mass is 9.89. The summed E-state index contributed by atoms with van der Waals surface area (Å²) in [7, 11) is -3.76. The average molecular weight is 399 g/mol. The highest BCUT2D eigenvalue weighted by Gasteiger charge is 2.79. The van der Waals surface area contributed by atoms with Gasteiger partial charge in [0, 0.05) is 0 Å². The zero-order valence-electron chi connectivity index (χ0n) is 16.9. The van der Waals surface area contributed by atoms with Gasteiger partial charge in [0.25, 0.3) is 0 Å². The number of sulfonamides is 1. The lowest BCUT2D eigenvalue weighted by Crippen LogP contribution is -2.31. The summed E-state index contributed by atoms with van der Waals surface area (Å²) in [6, 6.07) is 16.8. The molecule has 148 valence electrons. The normalized spacial score (nSPS) is 31.2. The summed E-state index contributed by atoms with van der Waals surface area (Å²) >= 11 is 0. The van der Waals surface area contributed by atoms with Crippen molar-refractivity contribution < 1.29 is 13.2 Å². The molecule has 5 nitrogen and oxygen atoms in total. The van der Waals surface area contributed by atoms with E-state index in [1.54, 1.807) is 16.4 Å². The number of aryl methyl sites for hydroxylation is 1. The van der Waals surface area contributed by atoms with Crippen LogP contribution in [0.1, 0.15) is 38.8 Å². The van der Waals surface area contributed by atoms with Gasteiger partial charge in [-0.2, -0.15) is 4.31 Å². The highest BCUT2D eigenvalue weighted by Crippen LogP contribution is 2.63. The molecule has 0 radical (unpaired) electrons. The Hall–Kier alpha value is -2.18. The van der Waals surface area contributed by atoms with Crippen LogP contribution in [0.4, 0.5) is 0 Å². The van der Waals surface area contributed by atoms with Crippen LogP contribution in [0.5, 0.6) is 0 Å². The van der Waals surface area contributed by atoms with Crippen LogP contribution < -0.4 is 0 Å². The number of ether oxygens (including phenoxy) is 1. The fourth-order valence-corrected chi connectivity index (χ4v) is 6.67. The Morgan fingerprint density at radius 1 is 0.929 bits per heavy atom. The van der Waals surface area contributed by atoms with Gasteiger partial charge in [-0.05, 0) is 51.8 Å². The molecular weight excluding hydrogens is 372 g/mol. The molecule has 1 unspecified atom stereocenters.